The number of carbonyl (C=O) groups excluding carboxylic acids is 1. The topological polar surface area (TPSA) is 50.8 Å². The fourth-order valence-electron chi connectivity index (χ4n) is 3.69. The van der Waals surface area contributed by atoms with E-state index in [1.165, 1.54) is 0 Å². The third-order valence-electron chi connectivity index (χ3n) is 5.29. The van der Waals surface area contributed by atoms with Crippen LogP contribution in [0.5, 0.6) is 11.5 Å². The van der Waals surface area contributed by atoms with Gasteiger partial charge < -0.3 is 19.7 Å². The standard InChI is InChI=1S/C25H30N2O3S/c1-6-27-17(4)22(24(28)18-10-8-7-9-11-18)23(26-25(27)31)19-12-13-20(21(14-19)29-5)30-15-16(2)3/h7-14,16,23H,6,15H2,1-5H3,(H,26,31). The van der Waals surface area contributed by atoms with Crippen molar-refractivity contribution in [2.75, 3.05) is 20.3 Å². The molecule has 5 nitrogen and oxygen atoms in total. The second-order valence-corrected chi connectivity index (χ2v) is 8.32. The molecule has 0 amide bonds. The van der Waals surface area contributed by atoms with Gasteiger partial charge in [-0.1, -0.05) is 50.2 Å². The molecule has 2 aromatic rings. The lowest BCUT2D eigenvalue weighted by Crippen LogP contribution is -2.47. The van der Waals surface area contributed by atoms with Crippen molar-refractivity contribution >= 4 is 23.1 Å². The molecule has 1 N–H and O–H groups in total. The summed E-state index contributed by atoms with van der Waals surface area (Å²) < 4.78 is 11.5. The van der Waals surface area contributed by atoms with Crippen LogP contribution in [-0.2, 0) is 0 Å². The lowest BCUT2D eigenvalue weighted by atomic mass is 9.89. The number of rotatable bonds is 8. The second kappa shape index (κ2) is 9.96. The van der Waals surface area contributed by atoms with Crippen LogP contribution in [-0.4, -0.2) is 36.1 Å². The van der Waals surface area contributed by atoms with Gasteiger partial charge in [-0.2, -0.15) is 0 Å². The molecule has 1 heterocycles. The fourth-order valence-corrected chi connectivity index (χ4v) is 4.07. The van der Waals surface area contributed by atoms with Crippen LogP contribution in [0.4, 0.5) is 0 Å². The van der Waals surface area contributed by atoms with Crippen molar-refractivity contribution in [3.63, 3.8) is 0 Å². The molecule has 1 aliphatic rings. The number of ether oxygens (including phenoxy) is 2. The van der Waals surface area contributed by atoms with Crippen LogP contribution < -0.4 is 14.8 Å². The molecule has 2 aromatic carbocycles. The minimum atomic E-state index is -0.379. The molecule has 1 aliphatic heterocycles. The maximum Gasteiger partial charge on any atom is 0.193 e. The predicted octanol–water partition coefficient (Wildman–Crippen LogP) is 5.14. The summed E-state index contributed by atoms with van der Waals surface area (Å²) in [6.45, 7) is 9.46. The van der Waals surface area contributed by atoms with Crippen molar-refractivity contribution in [1.82, 2.24) is 10.2 Å². The molecule has 1 atom stereocenters. The molecule has 0 saturated carbocycles. The highest BCUT2D eigenvalue weighted by molar-refractivity contribution is 7.80. The molecule has 31 heavy (non-hydrogen) atoms. The van der Waals surface area contributed by atoms with Gasteiger partial charge in [0.2, 0.25) is 0 Å². The Hall–Kier alpha value is -2.86. The normalized spacial score (nSPS) is 16.4. The molecule has 0 spiro atoms. The van der Waals surface area contributed by atoms with Crippen LogP contribution in [0.15, 0.2) is 59.8 Å². The number of nitrogens with one attached hydrogen (secondary N) is 1. The Balaban J connectivity index is 2.06. The average Bonchev–Trinajstić information content (AvgIpc) is 2.77. The number of nitrogens with zero attached hydrogens (tertiary/aromatic N) is 1. The molecule has 164 valence electrons. The Bertz CT molecular complexity index is 986. The Morgan fingerprint density at radius 2 is 1.87 bits per heavy atom. The largest absolute Gasteiger partial charge is 0.493 e. The van der Waals surface area contributed by atoms with Gasteiger partial charge in [-0.05, 0) is 49.7 Å². The lowest BCUT2D eigenvalue weighted by Gasteiger charge is -2.37. The maximum atomic E-state index is 13.5. The number of allylic oxidation sites excluding steroid dienone is 1. The SMILES string of the molecule is CCN1C(=S)NC(c2ccc(OCC(C)C)c(OC)c2)C(C(=O)c2ccccc2)=C1C. The predicted molar refractivity (Wildman–Crippen MR) is 128 cm³/mol. The van der Waals surface area contributed by atoms with Gasteiger partial charge in [-0.3, -0.25) is 4.79 Å². The van der Waals surface area contributed by atoms with Crippen LogP contribution in [0.3, 0.4) is 0 Å². The fraction of sp³-hybridized carbons (Fsp3) is 0.360. The van der Waals surface area contributed by atoms with Crippen LogP contribution in [0.1, 0.15) is 49.7 Å². The summed E-state index contributed by atoms with van der Waals surface area (Å²) in [5, 5.41) is 3.97. The Morgan fingerprint density at radius 3 is 2.48 bits per heavy atom. The molecule has 0 radical (unpaired) electrons. The van der Waals surface area contributed by atoms with E-state index in [1.807, 2.05) is 67.3 Å². The third-order valence-corrected chi connectivity index (χ3v) is 5.62. The van der Waals surface area contributed by atoms with E-state index in [-0.39, 0.29) is 11.8 Å². The summed E-state index contributed by atoms with van der Waals surface area (Å²) >= 11 is 5.61. The third kappa shape index (κ3) is 4.90. The van der Waals surface area contributed by atoms with Gasteiger partial charge >= 0.3 is 0 Å². The average molecular weight is 439 g/mol. The first-order valence-corrected chi connectivity index (χ1v) is 11.0. The highest BCUT2D eigenvalue weighted by atomic mass is 32.1. The molecule has 3 rings (SSSR count). The first-order chi connectivity index (χ1) is 14.9. The number of benzene rings is 2. The molecule has 0 fully saturated rings. The van der Waals surface area contributed by atoms with Crippen LogP contribution in [0.25, 0.3) is 0 Å². The highest BCUT2D eigenvalue weighted by Gasteiger charge is 2.34. The molecular formula is C25H30N2O3S. The van der Waals surface area contributed by atoms with Crippen LogP contribution in [0, 0.1) is 5.92 Å². The number of methoxy groups -OCH3 is 1. The molecule has 0 aromatic heterocycles. The van der Waals surface area contributed by atoms with Gasteiger partial charge in [0.15, 0.2) is 22.4 Å². The molecule has 1 unspecified atom stereocenters. The summed E-state index contributed by atoms with van der Waals surface area (Å²) in [5.74, 6) is 1.70. The summed E-state index contributed by atoms with van der Waals surface area (Å²) in [6, 6.07) is 14.7. The van der Waals surface area contributed by atoms with Gasteiger partial charge in [0.25, 0.3) is 0 Å². The molecular weight excluding hydrogens is 408 g/mol. The van der Waals surface area contributed by atoms with Crippen molar-refractivity contribution in [3.8, 4) is 11.5 Å². The molecule has 0 aliphatic carbocycles. The van der Waals surface area contributed by atoms with Crippen molar-refractivity contribution < 1.29 is 14.3 Å². The van der Waals surface area contributed by atoms with Gasteiger partial charge in [0.1, 0.15) is 0 Å². The quantitative estimate of drug-likeness (QED) is 0.455. The van der Waals surface area contributed by atoms with Crippen molar-refractivity contribution in [3.05, 3.63) is 70.9 Å². The van der Waals surface area contributed by atoms with Crippen molar-refractivity contribution in [2.45, 2.75) is 33.7 Å². The van der Waals surface area contributed by atoms with E-state index >= 15 is 0 Å². The van der Waals surface area contributed by atoms with E-state index < -0.39 is 0 Å². The zero-order valence-electron chi connectivity index (χ0n) is 18.8. The monoisotopic (exact) mass is 438 g/mol. The number of hydrogen-bond donors (Lipinski definition) is 1. The molecule has 6 heteroatoms. The van der Waals surface area contributed by atoms with E-state index in [0.717, 1.165) is 11.3 Å². The Morgan fingerprint density at radius 1 is 1.16 bits per heavy atom. The summed E-state index contributed by atoms with van der Waals surface area (Å²) in [7, 11) is 1.62. The van der Waals surface area contributed by atoms with E-state index in [4.69, 9.17) is 21.7 Å². The smallest absolute Gasteiger partial charge is 0.193 e. The van der Waals surface area contributed by atoms with E-state index in [2.05, 4.69) is 19.2 Å². The van der Waals surface area contributed by atoms with Crippen LogP contribution in [0.2, 0.25) is 0 Å². The number of carbonyl (C=O) groups is 1. The van der Waals surface area contributed by atoms with Crippen LogP contribution >= 0.6 is 12.2 Å². The summed E-state index contributed by atoms with van der Waals surface area (Å²) in [6.07, 6.45) is 0. The first kappa shape index (κ1) is 22.8. The Labute approximate surface area is 190 Å². The maximum absolute atomic E-state index is 13.5. The number of Topliss-reactive ketones (excluding diaryl/α,β-unsaturated/α-hetero) is 1. The number of hydrogen-bond acceptors (Lipinski definition) is 4. The highest BCUT2D eigenvalue weighted by Crippen LogP contribution is 2.37. The second-order valence-electron chi connectivity index (χ2n) is 7.94. The first-order valence-electron chi connectivity index (χ1n) is 10.6. The zero-order valence-corrected chi connectivity index (χ0v) is 19.6. The van der Waals surface area contributed by atoms with Gasteiger partial charge in [0.05, 0.1) is 19.8 Å². The lowest BCUT2D eigenvalue weighted by molar-refractivity contribution is 0.102. The molecule has 0 bridgehead atoms. The summed E-state index contributed by atoms with van der Waals surface area (Å²) in [4.78, 5) is 15.5. The Kier molecular flexibility index (Phi) is 7.33. The number of thiocarbonyl (C=S) groups is 1. The summed E-state index contributed by atoms with van der Waals surface area (Å²) in [5.41, 5.74) is 3.09. The van der Waals surface area contributed by atoms with Gasteiger partial charge in [0, 0.05) is 23.4 Å². The zero-order chi connectivity index (χ0) is 22.5. The minimum absolute atomic E-state index is 0.0179. The van der Waals surface area contributed by atoms with Gasteiger partial charge in [-0.15, -0.1) is 0 Å². The minimum Gasteiger partial charge on any atom is -0.493 e. The van der Waals surface area contributed by atoms with Crippen molar-refractivity contribution in [1.29, 1.82) is 0 Å². The van der Waals surface area contributed by atoms with Gasteiger partial charge in [-0.25, -0.2) is 0 Å². The molecule has 0 saturated heterocycles. The van der Waals surface area contributed by atoms with Crippen molar-refractivity contribution in [2.24, 2.45) is 5.92 Å². The van der Waals surface area contributed by atoms with E-state index in [9.17, 15) is 4.79 Å². The number of ketones is 1. The van der Waals surface area contributed by atoms with E-state index in [1.54, 1.807) is 7.11 Å². The van der Waals surface area contributed by atoms with E-state index in [0.29, 0.717) is 46.8 Å².